The Morgan fingerprint density at radius 1 is 1.25 bits per heavy atom. The molecule has 3 heteroatoms. The molecule has 3 rings (SSSR count). The van der Waals surface area contributed by atoms with Crippen LogP contribution in [-0.2, 0) is 14.3 Å². The summed E-state index contributed by atoms with van der Waals surface area (Å²) in [6.45, 7) is 0. The highest BCUT2D eigenvalue weighted by molar-refractivity contribution is 5.88. The van der Waals surface area contributed by atoms with Crippen molar-refractivity contribution in [2.24, 2.45) is 11.8 Å². The van der Waals surface area contributed by atoms with Crippen LogP contribution in [0.25, 0.3) is 0 Å². The predicted molar refractivity (Wildman–Crippen MR) is 41.1 cm³/mol. The molecule has 0 aromatic carbocycles. The minimum atomic E-state index is -0.380. The fraction of sp³-hybridized carbons (Fsp3) is 0.556. The van der Waals surface area contributed by atoms with Crippen LogP contribution < -0.4 is 0 Å². The molecule has 2 unspecified atom stereocenters. The molecule has 2 atom stereocenters. The molecule has 0 aromatic heterocycles. The maximum absolute atomic E-state index is 11.1. The largest absolute Gasteiger partial charge is 0.393 e. The lowest BCUT2D eigenvalue weighted by molar-refractivity contribution is -0.163. The third-order valence-corrected chi connectivity index (χ3v) is 2.41. The average Bonchev–Trinajstić information content (AvgIpc) is 2.02. The van der Waals surface area contributed by atoms with Crippen LogP contribution in [0.4, 0.5) is 0 Å². The number of ether oxygens (including phenoxy) is 1. The van der Waals surface area contributed by atoms with Gasteiger partial charge in [-0.3, -0.25) is 9.59 Å². The summed E-state index contributed by atoms with van der Waals surface area (Å²) in [5, 5.41) is 0. The first-order chi connectivity index (χ1) is 5.75. The number of carbonyl (C=O) groups excluding carboxylic acids is 2. The molecule has 3 nitrogen and oxygen atoms in total. The highest BCUT2D eigenvalue weighted by atomic mass is 16.6. The number of esters is 2. The Morgan fingerprint density at radius 3 is 2.75 bits per heavy atom. The van der Waals surface area contributed by atoms with Gasteiger partial charge in [0, 0.05) is 0 Å². The summed E-state index contributed by atoms with van der Waals surface area (Å²) in [6, 6.07) is 0. The van der Waals surface area contributed by atoms with E-state index < -0.39 is 0 Å². The Hall–Kier alpha value is -1.12. The van der Waals surface area contributed by atoms with Crippen molar-refractivity contribution in [2.45, 2.75) is 19.3 Å². The topological polar surface area (TPSA) is 43.4 Å². The highest BCUT2D eigenvalue weighted by Crippen LogP contribution is 2.28. The molecule has 64 valence electrons. The molecule has 2 aliphatic heterocycles. The van der Waals surface area contributed by atoms with Crippen molar-refractivity contribution < 1.29 is 14.3 Å². The number of carbonyl (C=O) groups is 2. The molecule has 0 aromatic rings. The van der Waals surface area contributed by atoms with Crippen molar-refractivity contribution in [1.82, 2.24) is 0 Å². The van der Waals surface area contributed by atoms with E-state index in [0.29, 0.717) is 12.3 Å². The molecule has 12 heavy (non-hydrogen) atoms. The molecular weight excluding hydrogens is 156 g/mol. The van der Waals surface area contributed by atoms with Crippen molar-refractivity contribution >= 4 is 11.9 Å². The van der Waals surface area contributed by atoms with E-state index in [1.54, 1.807) is 0 Å². The fourth-order valence-corrected chi connectivity index (χ4v) is 1.69. The molecule has 1 aliphatic carbocycles. The monoisotopic (exact) mass is 166 g/mol. The summed E-state index contributed by atoms with van der Waals surface area (Å²) in [5.41, 5.74) is 0. The molecule has 2 heterocycles. The molecule has 3 aliphatic rings. The first-order valence-electron chi connectivity index (χ1n) is 4.18. The zero-order valence-corrected chi connectivity index (χ0v) is 6.66. The average molecular weight is 166 g/mol. The molecule has 0 amide bonds. The predicted octanol–water partition coefficient (Wildman–Crippen LogP) is 1.04. The van der Waals surface area contributed by atoms with Crippen LogP contribution in [0.3, 0.4) is 0 Å². The van der Waals surface area contributed by atoms with E-state index in [1.165, 1.54) is 0 Å². The number of allylic oxidation sites excluding steroid dienone is 1. The Bertz CT molecular complexity index is 254. The molecule has 0 spiro atoms. The molecule has 0 radical (unpaired) electrons. The van der Waals surface area contributed by atoms with Crippen molar-refractivity contribution in [3.8, 4) is 0 Å². The van der Waals surface area contributed by atoms with Gasteiger partial charge in [0.05, 0.1) is 12.3 Å². The lowest BCUT2D eigenvalue weighted by atomic mass is 9.86. The summed E-state index contributed by atoms with van der Waals surface area (Å²) in [6.07, 6.45) is 5.94. The molecule has 2 bridgehead atoms. The van der Waals surface area contributed by atoms with Gasteiger partial charge in [0.15, 0.2) is 0 Å². The van der Waals surface area contributed by atoms with E-state index >= 15 is 0 Å². The molecule has 0 N–H and O–H groups in total. The molecule has 0 saturated carbocycles. The van der Waals surface area contributed by atoms with Crippen LogP contribution in [0.5, 0.6) is 0 Å². The number of rotatable bonds is 0. The van der Waals surface area contributed by atoms with Gasteiger partial charge in [-0.1, -0.05) is 12.2 Å². The minimum absolute atomic E-state index is 0.175. The Balaban J connectivity index is 2.25. The molecular formula is C9H10O3. The maximum atomic E-state index is 11.1. The van der Waals surface area contributed by atoms with E-state index in [-0.39, 0.29) is 17.9 Å². The van der Waals surface area contributed by atoms with E-state index in [9.17, 15) is 9.59 Å². The summed E-state index contributed by atoms with van der Waals surface area (Å²) >= 11 is 0. The smallest absolute Gasteiger partial charge is 0.320 e. The summed E-state index contributed by atoms with van der Waals surface area (Å²) in [7, 11) is 0. The highest BCUT2D eigenvalue weighted by Gasteiger charge is 2.29. The third-order valence-electron chi connectivity index (χ3n) is 2.41. The SMILES string of the molecule is O=C1CC2C=CC(CC2)C(=O)O1. The Morgan fingerprint density at radius 2 is 2.08 bits per heavy atom. The van der Waals surface area contributed by atoms with Crippen LogP contribution in [0.15, 0.2) is 12.2 Å². The fourth-order valence-electron chi connectivity index (χ4n) is 1.69. The Labute approximate surface area is 70.4 Å². The number of hydrogen-bond donors (Lipinski definition) is 0. The lowest BCUT2D eigenvalue weighted by Gasteiger charge is -2.24. The standard InChI is InChI=1S/C9H10O3/c10-8-5-6-1-3-7(4-2-6)9(11)12-8/h1,3,6-7H,2,4-5H2. The molecule has 1 fully saturated rings. The van der Waals surface area contributed by atoms with Gasteiger partial charge in [-0.05, 0) is 18.8 Å². The minimum Gasteiger partial charge on any atom is -0.393 e. The summed E-state index contributed by atoms with van der Waals surface area (Å²) < 4.78 is 4.60. The van der Waals surface area contributed by atoms with Gasteiger partial charge in [0.1, 0.15) is 0 Å². The normalized spacial score (nSPS) is 34.3. The lowest BCUT2D eigenvalue weighted by Crippen LogP contribution is -2.28. The zero-order valence-electron chi connectivity index (χ0n) is 6.66. The van der Waals surface area contributed by atoms with E-state index in [1.807, 2.05) is 12.2 Å². The second-order valence-electron chi connectivity index (χ2n) is 3.33. The van der Waals surface area contributed by atoms with Crippen LogP contribution in [0.2, 0.25) is 0 Å². The van der Waals surface area contributed by atoms with Gasteiger partial charge in [-0.15, -0.1) is 0 Å². The third kappa shape index (κ3) is 1.26. The van der Waals surface area contributed by atoms with Gasteiger partial charge in [-0.2, -0.15) is 0 Å². The first-order valence-corrected chi connectivity index (χ1v) is 4.18. The quantitative estimate of drug-likeness (QED) is 0.307. The van der Waals surface area contributed by atoms with E-state index in [4.69, 9.17) is 0 Å². The maximum Gasteiger partial charge on any atom is 0.320 e. The van der Waals surface area contributed by atoms with Crippen LogP contribution >= 0.6 is 0 Å². The van der Waals surface area contributed by atoms with Gasteiger partial charge in [0.2, 0.25) is 0 Å². The van der Waals surface area contributed by atoms with E-state index in [0.717, 1.165) is 12.8 Å². The second kappa shape index (κ2) is 2.73. The van der Waals surface area contributed by atoms with Gasteiger partial charge in [-0.25, -0.2) is 0 Å². The Kier molecular flexibility index (Phi) is 1.71. The zero-order chi connectivity index (χ0) is 8.55. The second-order valence-corrected chi connectivity index (χ2v) is 3.33. The van der Waals surface area contributed by atoms with Crippen molar-refractivity contribution in [3.05, 3.63) is 12.2 Å². The number of fused-ring (bicyclic) bond motifs is 4. The summed E-state index contributed by atoms with van der Waals surface area (Å²) in [4.78, 5) is 22.1. The van der Waals surface area contributed by atoms with Crippen molar-refractivity contribution in [3.63, 3.8) is 0 Å². The van der Waals surface area contributed by atoms with Crippen LogP contribution in [-0.4, -0.2) is 11.9 Å². The number of hydrogen-bond acceptors (Lipinski definition) is 3. The molecule has 1 saturated heterocycles. The van der Waals surface area contributed by atoms with Crippen LogP contribution in [0.1, 0.15) is 19.3 Å². The van der Waals surface area contributed by atoms with Gasteiger partial charge < -0.3 is 4.74 Å². The van der Waals surface area contributed by atoms with Crippen molar-refractivity contribution in [1.29, 1.82) is 0 Å². The van der Waals surface area contributed by atoms with E-state index in [2.05, 4.69) is 4.74 Å². The first kappa shape index (κ1) is 7.53. The van der Waals surface area contributed by atoms with Gasteiger partial charge in [0.25, 0.3) is 0 Å². The summed E-state index contributed by atoms with van der Waals surface area (Å²) in [5.74, 6) is -0.638. The van der Waals surface area contributed by atoms with Crippen LogP contribution in [0, 0.1) is 11.8 Å². The van der Waals surface area contributed by atoms with Crippen molar-refractivity contribution in [2.75, 3.05) is 0 Å². The van der Waals surface area contributed by atoms with Gasteiger partial charge >= 0.3 is 11.9 Å².